The van der Waals surface area contributed by atoms with Crippen molar-refractivity contribution in [2.45, 2.75) is 26.8 Å². The fourth-order valence-electron chi connectivity index (χ4n) is 2.38. The molecule has 0 bridgehead atoms. The Morgan fingerprint density at radius 2 is 2.00 bits per heavy atom. The third-order valence-electron chi connectivity index (χ3n) is 3.53. The summed E-state index contributed by atoms with van der Waals surface area (Å²) in [5, 5.41) is 10.2. The van der Waals surface area contributed by atoms with E-state index in [0.29, 0.717) is 22.9 Å². The van der Waals surface area contributed by atoms with E-state index in [1.807, 2.05) is 20.8 Å². The molecule has 0 radical (unpaired) electrons. The summed E-state index contributed by atoms with van der Waals surface area (Å²) in [4.78, 5) is 30.0. The van der Waals surface area contributed by atoms with Crippen LogP contribution in [0.2, 0.25) is 5.02 Å². The van der Waals surface area contributed by atoms with Crippen LogP contribution in [0.3, 0.4) is 0 Å². The maximum Gasteiger partial charge on any atom is 0.238 e. The number of anilines is 1. The summed E-state index contributed by atoms with van der Waals surface area (Å²) in [7, 11) is 0. The first-order valence-electron chi connectivity index (χ1n) is 8.35. The van der Waals surface area contributed by atoms with Crippen LogP contribution in [0.15, 0.2) is 30.9 Å². The number of amides is 2. The second kappa shape index (κ2) is 9.30. The van der Waals surface area contributed by atoms with E-state index in [4.69, 9.17) is 11.6 Å². The van der Waals surface area contributed by atoms with Gasteiger partial charge in [0.05, 0.1) is 24.5 Å². The molecule has 26 heavy (non-hydrogen) atoms. The zero-order chi connectivity index (χ0) is 19.1. The van der Waals surface area contributed by atoms with Gasteiger partial charge in [-0.25, -0.2) is 9.67 Å². The van der Waals surface area contributed by atoms with Gasteiger partial charge < -0.3 is 10.6 Å². The van der Waals surface area contributed by atoms with E-state index in [9.17, 15) is 9.59 Å². The fourth-order valence-corrected chi connectivity index (χ4v) is 2.56. The highest BCUT2D eigenvalue weighted by atomic mass is 35.5. The molecule has 0 unspecified atom stereocenters. The quantitative estimate of drug-likeness (QED) is 0.729. The number of hydrogen-bond acceptors (Lipinski definition) is 5. The molecule has 2 aromatic rings. The normalized spacial score (nSPS) is 11.0. The molecule has 0 spiro atoms. The molecule has 2 N–H and O–H groups in total. The summed E-state index contributed by atoms with van der Waals surface area (Å²) >= 11 is 6.05. The first kappa shape index (κ1) is 19.9. The van der Waals surface area contributed by atoms with Gasteiger partial charge in [-0.05, 0) is 38.6 Å². The highest BCUT2D eigenvalue weighted by Gasteiger charge is 2.15. The monoisotopic (exact) mass is 378 g/mol. The van der Waals surface area contributed by atoms with E-state index in [0.717, 1.165) is 0 Å². The Morgan fingerprint density at radius 1 is 1.27 bits per heavy atom. The van der Waals surface area contributed by atoms with Crippen molar-refractivity contribution in [3.63, 3.8) is 0 Å². The van der Waals surface area contributed by atoms with Gasteiger partial charge in [-0.2, -0.15) is 5.10 Å². The van der Waals surface area contributed by atoms with Crippen LogP contribution in [-0.4, -0.2) is 57.2 Å². The van der Waals surface area contributed by atoms with Gasteiger partial charge >= 0.3 is 0 Å². The van der Waals surface area contributed by atoms with E-state index in [1.165, 1.54) is 12.7 Å². The molecule has 1 aromatic heterocycles. The Hall–Kier alpha value is -2.45. The zero-order valence-electron chi connectivity index (χ0n) is 15.1. The molecule has 9 heteroatoms. The minimum atomic E-state index is -0.243. The number of carbonyl (C=O) groups excluding carboxylic acids is 2. The molecule has 140 valence electrons. The molecule has 0 saturated carbocycles. The van der Waals surface area contributed by atoms with Gasteiger partial charge in [-0.1, -0.05) is 18.5 Å². The summed E-state index contributed by atoms with van der Waals surface area (Å²) in [6.07, 6.45) is 2.94. The van der Waals surface area contributed by atoms with Crippen molar-refractivity contribution in [1.29, 1.82) is 0 Å². The van der Waals surface area contributed by atoms with Crippen LogP contribution in [0.25, 0.3) is 5.69 Å². The van der Waals surface area contributed by atoms with Crippen molar-refractivity contribution in [1.82, 2.24) is 25.0 Å². The molecule has 0 saturated heterocycles. The third-order valence-corrected chi connectivity index (χ3v) is 3.76. The molecule has 1 aromatic carbocycles. The minimum absolute atomic E-state index is 0.0618. The zero-order valence-corrected chi connectivity index (χ0v) is 15.8. The van der Waals surface area contributed by atoms with E-state index in [-0.39, 0.29) is 30.9 Å². The van der Waals surface area contributed by atoms with Gasteiger partial charge in [0, 0.05) is 11.1 Å². The standard InChI is InChI=1S/C17H23ClN6O2/c1-4-23(8-16(25)21-12(2)3)9-17(26)22-14-7-13(18)5-6-15(14)24-11-19-10-20-24/h5-7,10-12H,4,8-9H2,1-3H3,(H,21,25)(H,22,26). The summed E-state index contributed by atoms with van der Waals surface area (Å²) < 4.78 is 1.54. The predicted octanol–water partition coefficient (Wildman–Crippen LogP) is 1.71. The maximum absolute atomic E-state index is 12.4. The number of hydrogen-bond donors (Lipinski definition) is 2. The Bertz CT molecular complexity index is 748. The van der Waals surface area contributed by atoms with Gasteiger partial charge in [-0.3, -0.25) is 14.5 Å². The highest BCUT2D eigenvalue weighted by molar-refractivity contribution is 6.31. The summed E-state index contributed by atoms with van der Waals surface area (Å²) in [5.74, 6) is -0.353. The first-order valence-corrected chi connectivity index (χ1v) is 8.73. The average Bonchev–Trinajstić information content (AvgIpc) is 3.07. The molecule has 2 amide bonds. The Kier molecular flexibility index (Phi) is 7.11. The third kappa shape index (κ3) is 5.82. The Labute approximate surface area is 157 Å². The van der Waals surface area contributed by atoms with Crippen molar-refractivity contribution in [3.8, 4) is 5.69 Å². The minimum Gasteiger partial charge on any atom is -0.353 e. The Balaban J connectivity index is 2.05. The van der Waals surface area contributed by atoms with Crippen LogP contribution in [0.1, 0.15) is 20.8 Å². The van der Waals surface area contributed by atoms with Gasteiger partial charge in [0.1, 0.15) is 12.7 Å². The molecule has 2 rings (SSSR count). The topological polar surface area (TPSA) is 92.2 Å². The number of nitrogens with one attached hydrogen (secondary N) is 2. The molecular weight excluding hydrogens is 356 g/mol. The number of aromatic nitrogens is 3. The number of carbonyl (C=O) groups is 2. The molecule has 8 nitrogen and oxygen atoms in total. The number of likely N-dealkylation sites (N-methyl/N-ethyl adjacent to an activating group) is 1. The first-order chi connectivity index (χ1) is 12.4. The maximum atomic E-state index is 12.4. The van der Waals surface area contributed by atoms with Crippen molar-refractivity contribution < 1.29 is 9.59 Å². The van der Waals surface area contributed by atoms with Gasteiger partial charge in [-0.15, -0.1) is 0 Å². The number of benzene rings is 1. The van der Waals surface area contributed by atoms with E-state index in [1.54, 1.807) is 27.8 Å². The molecule has 1 heterocycles. The summed E-state index contributed by atoms with van der Waals surface area (Å²) in [5.41, 5.74) is 1.18. The SMILES string of the molecule is CCN(CC(=O)Nc1cc(Cl)ccc1-n1cncn1)CC(=O)NC(C)C. The lowest BCUT2D eigenvalue weighted by Crippen LogP contribution is -2.42. The van der Waals surface area contributed by atoms with E-state index < -0.39 is 0 Å². The summed E-state index contributed by atoms with van der Waals surface area (Å²) in [6.45, 7) is 6.51. The van der Waals surface area contributed by atoms with Crippen molar-refractivity contribution in [2.24, 2.45) is 0 Å². The molecule has 0 aliphatic carbocycles. The summed E-state index contributed by atoms with van der Waals surface area (Å²) in [6, 6.07) is 5.17. The van der Waals surface area contributed by atoms with E-state index >= 15 is 0 Å². The number of rotatable bonds is 8. The van der Waals surface area contributed by atoms with E-state index in [2.05, 4.69) is 20.7 Å². The van der Waals surface area contributed by atoms with Crippen LogP contribution in [0, 0.1) is 0 Å². The number of halogens is 1. The smallest absolute Gasteiger partial charge is 0.238 e. The molecule has 0 aliphatic heterocycles. The fraction of sp³-hybridized carbons (Fsp3) is 0.412. The second-order valence-electron chi connectivity index (χ2n) is 6.08. The van der Waals surface area contributed by atoms with Crippen LogP contribution < -0.4 is 10.6 Å². The van der Waals surface area contributed by atoms with Crippen molar-refractivity contribution >= 4 is 29.1 Å². The lowest BCUT2D eigenvalue weighted by atomic mass is 10.2. The largest absolute Gasteiger partial charge is 0.353 e. The van der Waals surface area contributed by atoms with Crippen LogP contribution >= 0.6 is 11.6 Å². The highest BCUT2D eigenvalue weighted by Crippen LogP contribution is 2.23. The Morgan fingerprint density at radius 3 is 2.62 bits per heavy atom. The van der Waals surface area contributed by atoms with Gasteiger partial charge in [0.2, 0.25) is 11.8 Å². The van der Waals surface area contributed by atoms with Gasteiger partial charge in [0.25, 0.3) is 0 Å². The van der Waals surface area contributed by atoms with Crippen LogP contribution in [0.4, 0.5) is 5.69 Å². The molecular formula is C17H23ClN6O2. The molecule has 0 aliphatic rings. The second-order valence-corrected chi connectivity index (χ2v) is 6.51. The van der Waals surface area contributed by atoms with Crippen molar-refractivity contribution in [3.05, 3.63) is 35.9 Å². The van der Waals surface area contributed by atoms with Crippen LogP contribution in [0.5, 0.6) is 0 Å². The predicted molar refractivity (Wildman–Crippen MR) is 100 cm³/mol. The average molecular weight is 379 g/mol. The number of nitrogens with zero attached hydrogens (tertiary/aromatic N) is 4. The lowest BCUT2D eigenvalue weighted by molar-refractivity contribution is -0.123. The molecule has 0 fully saturated rings. The van der Waals surface area contributed by atoms with Gasteiger partial charge in [0.15, 0.2) is 0 Å². The van der Waals surface area contributed by atoms with Crippen molar-refractivity contribution in [2.75, 3.05) is 25.0 Å². The molecule has 0 atom stereocenters. The lowest BCUT2D eigenvalue weighted by Gasteiger charge is -2.20. The van der Waals surface area contributed by atoms with Crippen LogP contribution in [-0.2, 0) is 9.59 Å².